The lowest BCUT2D eigenvalue weighted by atomic mass is 9.72. The molecule has 3 rings (SSSR count). The third kappa shape index (κ3) is 2.55. The molecule has 2 nitrogen and oxygen atoms in total. The molecule has 0 aromatic heterocycles. The van der Waals surface area contributed by atoms with Crippen LogP contribution >= 0.6 is 0 Å². The summed E-state index contributed by atoms with van der Waals surface area (Å²) < 4.78 is 0. The van der Waals surface area contributed by atoms with E-state index in [1.807, 2.05) is 0 Å². The first kappa shape index (κ1) is 14.8. The van der Waals surface area contributed by atoms with Crippen molar-refractivity contribution in [3.63, 3.8) is 0 Å². The number of Topliss-reactive ketones (excluding diaryl/α,β-unsaturated/α-hetero) is 1. The normalized spacial score (nSPS) is 32.6. The van der Waals surface area contributed by atoms with E-state index in [-0.39, 0.29) is 11.8 Å². The van der Waals surface area contributed by atoms with Crippen LogP contribution in [0.25, 0.3) is 0 Å². The highest BCUT2D eigenvalue weighted by Crippen LogP contribution is 2.47. The van der Waals surface area contributed by atoms with Crippen molar-refractivity contribution < 1.29 is 4.79 Å². The van der Waals surface area contributed by atoms with Crippen molar-refractivity contribution in [2.75, 3.05) is 7.05 Å². The van der Waals surface area contributed by atoms with Gasteiger partial charge in [-0.1, -0.05) is 43.7 Å². The third-order valence-corrected chi connectivity index (χ3v) is 5.67. The second-order valence-corrected chi connectivity index (χ2v) is 7.30. The lowest BCUT2D eigenvalue weighted by Crippen LogP contribution is -2.49. The van der Waals surface area contributed by atoms with Crippen molar-refractivity contribution in [1.82, 2.24) is 4.90 Å². The van der Waals surface area contributed by atoms with Gasteiger partial charge in [-0.2, -0.15) is 0 Å². The van der Waals surface area contributed by atoms with Crippen LogP contribution in [0.1, 0.15) is 50.2 Å². The Morgan fingerprint density at radius 1 is 1.19 bits per heavy atom. The number of hydrogen-bond acceptors (Lipinski definition) is 2. The summed E-state index contributed by atoms with van der Waals surface area (Å²) >= 11 is 0. The summed E-state index contributed by atoms with van der Waals surface area (Å²) in [5.74, 6) is 1.18. The maximum absolute atomic E-state index is 12.9. The molecule has 0 amide bonds. The van der Waals surface area contributed by atoms with Gasteiger partial charge in [0.2, 0.25) is 0 Å². The van der Waals surface area contributed by atoms with E-state index in [1.54, 1.807) is 0 Å². The summed E-state index contributed by atoms with van der Waals surface area (Å²) in [5, 5.41) is 0. The molecule has 0 saturated carbocycles. The zero-order valence-electron chi connectivity index (χ0n) is 13.7. The summed E-state index contributed by atoms with van der Waals surface area (Å²) in [6.07, 6.45) is 3.58. The second-order valence-electron chi connectivity index (χ2n) is 7.30. The van der Waals surface area contributed by atoms with Crippen LogP contribution in [-0.4, -0.2) is 29.8 Å². The number of benzene rings is 1. The Morgan fingerprint density at radius 3 is 2.48 bits per heavy atom. The van der Waals surface area contributed by atoms with Gasteiger partial charge < -0.3 is 0 Å². The first-order chi connectivity index (χ1) is 9.99. The molecule has 0 N–H and O–H groups in total. The molecule has 1 aromatic carbocycles. The minimum Gasteiger partial charge on any atom is -0.300 e. The molecule has 2 aliphatic heterocycles. The van der Waals surface area contributed by atoms with Crippen LogP contribution in [0.5, 0.6) is 0 Å². The zero-order chi connectivity index (χ0) is 15.1. The molecule has 4 atom stereocenters. The number of ketones is 1. The maximum Gasteiger partial charge on any atom is 0.140 e. The second kappa shape index (κ2) is 5.57. The number of fused-ring (bicyclic) bond motifs is 2. The summed E-state index contributed by atoms with van der Waals surface area (Å²) in [4.78, 5) is 15.3. The molecule has 0 unspecified atom stereocenters. The Bertz CT molecular complexity index is 519. The van der Waals surface area contributed by atoms with E-state index >= 15 is 0 Å². The molecule has 0 spiro atoms. The minimum absolute atomic E-state index is 0.133. The number of piperidine rings is 1. The van der Waals surface area contributed by atoms with Crippen molar-refractivity contribution in [3.8, 4) is 0 Å². The predicted octanol–water partition coefficient (Wildman–Crippen LogP) is 3.79. The monoisotopic (exact) mass is 285 g/mol. The molecule has 2 saturated heterocycles. The van der Waals surface area contributed by atoms with E-state index in [2.05, 4.69) is 57.0 Å². The zero-order valence-corrected chi connectivity index (χ0v) is 13.7. The number of aryl methyl sites for hydroxylation is 1. The molecule has 2 heteroatoms. The summed E-state index contributed by atoms with van der Waals surface area (Å²) in [6, 6.07) is 9.97. The van der Waals surface area contributed by atoms with Crippen molar-refractivity contribution in [2.45, 2.75) is 58.0 Å². The molecule has 21 heavy (non-hydrogen) atoms. The molecule has 2 fully saturated rings. The molecule has 0 aliphatic carbocycles. The lowest BCUT2D eigenvalue weighted by molar-refractivity contribution is -0.130. The van der Waals surface area contributed by atoms with Gasteiger partial charge in [0, 0.05) is 23.9 Å². The van der Waals surface area contributed by atoms with Gasteiger partial charge in [0.15, 0.2) is 0 Å². The fourth-order valence-electron chi connectivity index (χ4n) is 4.40. The molecule has 2 bridgehead atoms. The molecule has 2 aliphatic rings. The Hall–Kier alpha value is -1.15. The number of rotatable bonds is 3. The largest absolute Gasteiger partial charge is 0.300 e. The number of carbonyl (C=O) groups excluding carboxylic acids is 1. The van der Waals surface area contributed by atoms with Crippen molar-refractivity contribution in [2.24, 2.45) is 11.8 Å². The topological polar surface area (TPSA) is 20.3 Å². The van der Waals surface area contributed by atoms with E-state index in [9.17, 15) is 4.79 Å². The van der Waals surface area contributed by atoms with Gasteiger partial charge in [-0.05, 0) is 44.7 Å². The first-order valence-electron chi connectivity index (χ1n) is 8.31. The Labute approximate surface area is 128 Å². The van der Waals surface area contributed by atoms with Gasteiger partial charge in [0.1, 0.15) is 5.78 Å². The molecule has 114 valence electrons. The van der Waals surface area contributed by atoms with Gasteiger partial charge in [-0.25, -0.2) is 0 Å². The van der Waals surface area contributed by atoms with Crippen molar-refractivity contribution in [1.29, 1.82) is 0 Å². The highest BCUT2D eigenvalue weighted by atomic mass is 16.1. The first-order valence-corrected chi connectivity index (χ1v) is 8.31. The van der Waals surface area contributed by atoms with Crippen LogP contribution in [0.2, 0.25) is 0 Å². The van der Waals surface area contributed by atoms with Crippen LogP contribution in [0.4, 0.5) is 0 Å². The third-order valence-electron chi connectivity index (χ3n) is 5.67. The summed E-state index contributed by atoms with van der Waals surface area (Å²) in [7, 11) is 2.22. The molecular formula is C19H27NO. The van der Waals surface area contributed by atoms with E-state index in [1.165, 1.54) is 24.0 Å². The maximum atomic E-state index is 12.9. The quantitative estimate of drug-likeness (QED) is 0.842. The average Bonchev–Trinajstić information content (AvgIpc) is 2.71. The highest BCUT2D eigenvalue weighted by molar-refractivity contribution is 5.84. The lowest BCUT2D eigenvalue weighted by Gasteiger charge is -2.43. The smallest absolute Gasteiger partial charge is 0.140 e. The van der Waals surface area contributed by atoms with Crippen LogP contribution in [0.15, 0.2) is 24.3 Å². The fourth-order valence-corrected chi connectivity index (χ4v) is 4.40. The van der Waals surface area contributed by atoms with Gasteiger partial charge >= 0.3 is 0 Å². The van der Waals surface area contributed by atoms with Crippen molar-refractivity contribution >= 4 is 5.78 Å². The van der Waals surface area contributed by atoms with E-state index in [4.69, 9.17) is 0 Å². The summed E-state index contributed by atoms with van der Waals surface area (Å²) in [6.45, 7) is 6.23. The minimum atomic E-state index is 0.133. The predicted molar refractivity (Wildman–Crippen MR) is 86.4 cm³/mol. The number of nitrogens with zero attached hydrogens (tertiary/aromatic N) is 1. The van der Waals surface area contributed by atoms with Crippen LogP contribution in [0, 0.1) is 18.8 Å². The molecule has 2 heterocycles. The average molecular weight is 285 g/mol. The SMILES string of the molecule is Cc1ccc([C@H]2C[C@@H]3CC[C@H]([C@H]2C(=O)C(C)C)N3C)cc1. The van der Waals surface area contributed by atoms with Gasteiger partial charge in [0.05, 0.1) is 0 Å². The van der Waals surface area contributed by atoms with E-state index in [0.29, 0.717) is 23.8 Å². The van der Waals surface area contributed by atoms with Crippen LogP contribution < -0.4 is 0 Å². The Balaban J connectivity index is 1.96. The Morgan fingerprint density at radius 2 is 1.86 bits per heavy atom. The van der Waals surface area contributed by atoms with E-state index in [0.717, 1.165) is 6.42 Å². The highest BCUT2D eigenvalue weighted by Gasteiger charge is 2.48. The summed E-state index contributed by atoms with van der Waals surface area (Å²) in [5.41, 5.74) is 2.66. The van der Waals surface area contributed by atoms with Crippen LogP contribution in [-0.2, 0) is 4.79 Å². The molecule has 0 radical (unpaired) electrons. The van der Waals surface area contributed by atoms with Gasteiger partial charge in [-0.15, -0.1) is 0 Å². The number of hydrogen-bond donors (Lipinski definition) is 0. The fraction of sp³-hybridized carbons (Fsp3) is 0.632. The van der Waals surface area contributed by atoms with Crippen molar-refractivity contribution in [3.05, 3.63) is 35.4 Å². The molecule has 1 aromatic rings. The van der Waals surface area contributed by atoms with Crippen LogP contribution in [0.3, 0.4) is 0 Å². The number of carbonyl (C=O) groups is 1. The standard InChI is InChI=1S/C19H27NO/c1-12(2)19(21)18-16(14-7-5-13(3)6-8-14)11-15-9-10-17(18)20(15)4/h5-8,12,15-18H,9-11H2,1-4H3/t15-,16+,17+,18-/m0/s1. The Kier molecular flexibility index (Phi) is 3.92. The molecular weight excluding hydrogens is 258 g/mol. The van der Waals surface area contributed by atoms with Gasteiger partial charge in [0.25, 0.3) is 0 Å². The van der Waals surface area contributed by atoms with E-state index < -0.39 is 0 Å². The van der Waals surface area contributed by atoms with Gasteiger partial charge in [-0.3, -0.25) is 9.69 Å².